The number of nitrogens with one attached hydrogen (secondary N) is 1. The standard InChI is InChI=1S/C16H23N3/c1-6-17-13(4)15-10-18-19(14(15)5)16-8-7-11(2)9-12(16)3/h7-10,13,17H,6H2,1-5H3. The smallest absolute Gasteiger partial charge is 0.0678 e. The van der Waals surface area contributed by atoms with Crippen LogP contribution in [0.3, 0.4) is 0 Å². The predicted octanol–water partition coefficient (Wildman–Crippen LogP) is 3.47. The molecule has 0 amide bonds. The molecule has 0 aliphatic heterocycles. The molecule has 0 saturated carbocycles. The predicted molar refractivity (Wildman–Crippen MR) is 79.9 cm³/mol. The fourth-order valence-corrected chi connectivity index (χ4v) is 2.55. The lowest BCUT2D eigenvalue weighted by atomic mass is 10.1. The van der Waals surface area contributed by atoms with E-state index in [1.807, 2.05) is 10.9 Å². The number of aromatic nitrogens is 2. The van der Waals surface area contributed by atoms with E-state index in [0.29, 0.717) is 6.04 Å². The lowest BCUT2D eigenvalue weighted by molar-refractivity contribution is 0.594. The molecule has 0 aliphatic rings. The highest BCUT2D eigenvalue weighted by atomic mass is 15.3. The summed E-state index contributed by atoms with van der Waals surface area (Å²) in [6.07, 6.45) is 1.97. The minimum absolute atomic E-state index is 0.338. The van der Waals surface area contributed by atoms with Gasteiger partial charge in [-0.1, -0.05) is 24.6 Å². The van der Waals surface area contributed by atoms with Crippen LogP contribution in [0.1, 0.15) is 42.3 Å². The van der Waals surface area contributed by atoms with Gasteiger partial charge < -0.3 is 5.32 Å². The zero-order valence-electron chi connectivity index (χ0n) is 12.5. The van der Waals surface area contributed by atoms with Gasteiger partial charge >= 0.3 is 0 Å². The van der Waals surface area contributed by atoms with E-state index in [4.69, 9.17) is 0 Å². The van der Waals surface area contributed by atoms with Gasteiger partial charge in [0.2, 0.25) is 0 Å². The van der Waals surface area contributed by atoms with Gasteiger partial charge in [0.25, 0.3) is 0 Å². The molecule has 0 radical (unpaired) electrons. The highest BCUT2D eigenvalue weighted by Gasteiger charge is 2.14. The van der Waals surface area contributed by atoms with Crippen LogP contribution in [-0.2, 0) is 0 Å². The summed E-state index contributed by atoms with van der Waals surface area (Å²) in [7, 11) is 0. The van der Waals surface area contributed by atoms with Crippen molar-refractivity contribution in [1.82, 2.24) is 15.1 Å². The number of hydrogen-bond donors (Lipinski definition) is 1. The van der Waals surface area contributed by atoms with Crippen LogP contribution in [0.2, 0.25) is 0 Å². The van der Waals surface area contributed by atoms with Gasteiger partial charge in [0, 0.05) is 17.3 Å². The van der Waals surface area contributed by atoms with E-state index < -0.39 is 0 Å². The van der Waals surface area contributed by atoms with Gasteiger partial charge in [-0.25, -0.2) is 4.68 Å². The van der Waals surface area contributed by atoms with Crippen LogP contribution in [0.5, 0.6) is 0 Å². The molecule has 0 fully saturated rings. The normalized spacial score (nSPS) is 12.7. The molecule has 0 aliphatic carbocycles. The summed E-state index contributed by atoms with van der Waals surface area (Å²) in [5, 5.41) is 7.99. The molecule has 102 valence electrons. The first-order chi connectivity index (χ1) is 9.04. The Morgan fingerprint density at radius 1 is 1.26 bits per heavy atom. The Balaban J connectivity index is 2.41. The molecule has 2 rings (SSSR count). The largest absolute Gasteiger partial charge is 0.310 e. The summed E-state index contributed by atoms with van der Waals surface area (Å²) >= 11 is 0. The lowest BCUT2D eigenvalue weighted by Gasteiger charge is -2.13. The summed E-state index contributed by atoms with van der Waals surface area (Å²) < 4.78 is 2.04. The Morgan fingerprint density at radius 3 is 2.63 bits per heavy atom. The maximum Gasteiger partial charge on any atom is 0.0678 e. The van der Waals surface area contributed by atoms with E-state index in [2.05, 4.69) is 63.2 Å². The molecule has 0 bridgehead atoms. The van der Waals surface area contributed by atoms with Crippen molar-refractivity contribution in [3.05, 3.63) is 46.8 Å². The van der Waals surface area contributed by atoms with Crippen molar-refractivity contribution in [2.75, 3.05) is 6.54 Å². The molecule has 1 unspecified atom stereocenters. The minimum atomic E-state index is 0.338. The molecule has 2 aromatic rings. The second kappa shape index (κ2) is 5.57. The first-order valence-corrected chi connectivity index (χ1v) is 6.90. The van der Waals surface area contributed by atoms with E-state index in [-0.39, 0.29) is 0 Å². The van der Waals surface area contributed by atoms with Gasteiger partial charge in [-0.05, 0) is 45.9 Å². The molecule has 1 heterocycles. The molecule has 1 aromatic heterocycles. The van der Waals surface area contributed by atoms with Crippen molar-refractivity contribution < 1.29 is 0 Å². The van der Waals surface area contributed by atoms with Crippen LogP contribution >= 0.6 is 0 Å². The zero-order chi connectivity index (χ0) is 14.0. The Labute approximate surface area is 115 Å². The summed E-state index contributed by atoms with van der Waals surface area (Å²) in [5.74, 6) is 0. The maximum atomic E-state index is 4.56. The minimum Gasteiger partial charge on any atom is -0.310 e. The van der Waals surface area contributed by atoms with Crippen LogP contribution < -0.4 is 5.32 Å². The third-order valence-electron chi connectivity index (χ3n) is 3.61. The monoisotopic (exact) mass is 257 g/mol. The molecule has 0 saturated heterocycles. The SMILES string of the molecule is CCNC(C)c1cnn(-c2ccc(C)cc2C)c1C. The fourth-order valence-electron chi connectivity index (χ4n) is 2.55. The molecule has 3 nitrogen and oxygen atoms in total. The van der Waals surface area contributed by atoms with Crippen molar-refractivity contribution in [3.8, 4) is 5.69 Å². The molecule has 1 atom stereocenters. The Kier molecular flexibility index (Phi) is 4.05. The number of aryl methyl sites for hydroxylation is 2. The van der Waals surface area contributed by atoms with Gasteiger partial charge in [-0.15, -0.1) is 0 Å². The van der Waals surface area contributed by atoms with Crippen molar-refractivity contribution in [2.24, 2.45) is 0 Å². The molecule has 19 heavy (non-hydrogen) atoms. The third-order valence-corrected chi connectivity index (χ3v) is 3.61. The second-order valence-corrected chi connectivity index (χ2v) is 5.17. The molecular formula is C16H23N3. The van der Waals surface area contributed by atoms with Crippen molar-refractivity contribution in [2.45, 2.75) is 40.7 Å². The summed E-state index contributed by atoms with van der Waals surface area (Å²) in [5.41, 5.74) is 6.18. The summed E-state index contributed by atoms with van der Waals surface area (Å²) in [6.45, 7) is 11.7. The van der Waals surface area contributed by atoms with Gasteiger partial charge in [-0.3, -0.25) is 0 Å². The second-order valence-electron chi connectivity index (χ2n) is 5.17. The first kappa shape index (κ1) is 13.8. The first-order valence-electron chi connectivity index (χ1n) is 6.90. The van der Waals surface area contributed by atoms with Crippen LogP contribution in [0.25, 0.3) is 5.69 Å². The number of rotatable bonds is 4. The quantitative estimate of drug-likeness (QED) is 0.909. The van der Waals surface area contributed by atoms with Gasteiger partial charge in [-0.2, -0.15) is 5.10 Å². The number of hydrogen-bond acceptors (Lipinski definition) is 2. The van der Waals surface area contributed by atoms with Gasteiger partial charge in [0.15, 0.2) is 0 Å². The topological polar surface area (TPSA) is 29.9 Å². The Hall–Kier alpha value is -1.61. The van der Waals surface area contributed by atoms with Crippen LogP contribution in [-0.4, -0.2) is 16.3 Å². The van der Waals surface area contributed by atoms with Gasteiger partial charge in [0.05, 0.1) is 11.9 Å². The van der Waals surface area contributed by atoms with Crippen LogP contribution in [0.4, 0.5) is 0 Å². The van der Waals surface area contributed by atoms with Gasteiger partial charge in [0.1, 0.15) is 0 Å². The number of nitrogens with zero attached hydrogens (tertiary/aromatic N) is 2. The Bertz CT molecular complexity index is 569. The van der Waals surface area contributed by atoms with E-state index >= 15 is 0 Å². The van der Waals surface area contributed by atoms with E-state index in [9.17, 15) is 0 Å². The molecule has 1 aromatic carbocycles. The number of benzene rings is 1. The molecule has 0 spiro atoms. The van der Waals surface area contributed by atoms with E-state index in [1.165, 1.54) is 22.4 Å². The average molecular weight is 257 g/mol. The molecular weight excluding hydrogens is 234 g/mol. The van der Waals surface area contributed by atoms with Crippen molar-refractivity contribution in [1.29, 1.82) is 0 Å². The highest BCUT2D eigenvalue weighted by Crippen LogP contribution is 2.22. The average Bonchev–Trinajstić information content (AvgIpc) is 2.72. The fraction of sp³-hybridized carbons (Fsp3) is 0.438. The Morgan fingerprint density at radius 2 is 2.00 bits per heavy atom. The zero-order valence-corrected chi connectivity index (χ0v) is 12.5. The third kappa shape index (κ3) is 2.71. The molecule has 1 N–H and O–H groups in total. The molecule has 3 heteroatoms. The van der Waals surface area contributed by atoms with Crippen molar-refractivity contribution in [3.63, 3.8) is 0 Å². The van der Waals surface area contributed by atoms with Crippen molar-refractivity contribution >= 4 is 0 Å². The van der Waals surface area contributed by atoms with Crippen LogP contribution in [0, 0.1) is 20.8 Å². The van der Waals surface area contributed by atoms with E-state index in [1.54, 1.807) is 0 Å². The lowest BCUT2D eigenvalue weighted by Crippen LogP contribution is -2.18. The van der Waals surface area contributed by atoms with E-state index in [0.717, 1.165) is 12.2 Å². The summed E-state index contributed by atoms with van der Waals surface area (Å²) in [6, 6.07) is 6.82. The highest BCUT2D eigenvalue weighted by molar-refractivity contribution is 5.44. The summed E-state index contributed by atoms with van der Waals surface area (Å²) in [4.78, 5) is 0. The maximum absolute atomic E-state index is 4.56. The van der Waals surface area contributed by atoms with Crippen LogP contribution in [0.15, 0.2) is 24.4 Å².